The highest BCUT2D eigenvalue weighted by molar-refractivity contribution is 8.00. The second-order valence-electron chi connectivity index (χ2n) is 6.06. The van der Waals surface area contributed by atoms with Crippen LogP contribution in [0.5, 0.6) is 0 Å². The number of carbonyl (C=O) groups excluding carboxylic acids is 1. The minimum atomic E-state index is 0.0239. The predicted molar refractivity (Wildman–Crippen MR) is 94.9 cm³/mol. The Morgan fingerprint density at radius 1 is 1.26 bits per heavy atom. The Morgan fingerprint density at radius 2 is 2.04 bits per heavy atom. The first-order valence-electron chi connectivity index (χ1n) is 8.26. The van der Waals surface area contributed by atoms with Crippen LogP contribution in [0.2, 0.25) is 0 Å². The van der Waals surface area contributed by atoms with Crippen molar-refractivity contribution in [2.45, 2.75) is 50.0 Å². The van der Waals surface area contributed by atoms with Crippen molar-refractivity contribution >= 4 is 23.5 Å². The van der Waals surface area contributed by atoms with Crippen LogP contribution in [0.3, 0.4) is 0 Å². The van der Waals surface area contributed by atoms with Gasteiger partial charge < -0.3 is 5.32 Å². The first kappa shape index (κ1) is 16.1. The van der Waals surface area contributed by atoms with E-state index in [2.05, 4.69) is 29.5 Å². The van der Waals surface area contributed by atoms with Crippen molar-refractivity contribution in [2.75, 3.05) is 11.1 Å². The number of aryl methyl sites for hydroxylation is 1. The van der Waals surface area contributed by atoms with E-state index in [1.165, 1.54) is 24.8 Å². The molecule has 1 fully saturated rings. The lowest BCUT2D eigenvalue weighted by molar-refractivity contribution is -0.113. The standard InChI is InChI=1S/C18H23N3OS/c1-14-7-5-6-10-16(14)23-13-18(22)20-17-11-12-19-21(17)15-8-3-2-4-9-15/h5-7,10-12,15H,2-4,8-9,13H2,1H3,(H,20,22). The second kappa shape index (κ2) is 7.68. The monoisotopic (exact) mass is 329 g/mol. The van der Waals surface area contributed by atoms with E-state index in [1.807, 2.05) is 22.9 Å². The molecule has 1 aliphatic carbocycles. The van der Waals surface area contributed by atoms with E-state index in [0.29, 0.717) is 11.8 Å². The van der Waals surface area contributed by atoms with Gasteiger partial charge >= 0.3 is 0 Å². The van der Waals surface area contributed by atoms with Crippen molar-refractivity contribution in [2.24, 2.45) is 0 Å². The van der Waals surface area contributed by atoms with Crippen LogP contribution in [-0.2, 0) is 4.79 Å². The maximum atomic E-state index is 12.3. The van der Waals surface area contributed by atoms with Gasteiger partial charge in [0.2, 0.25) is 5.91 Å². The molecule has 1 saturated carbocycles. The number of anilines is 1. The van der Waals surface area contributed by atoms with Crippen molar-refractivity contribution < 1.29 is 4.79 Å². The summed E-state index contributed by atoms with van der Waals surface area (Å²) in [5.41, 5.74) is 1.21. The predicted octanol–water partition coefficient (Wildman–Crippen LogP) is 4.43. The fraction of sp³-hybridized carbons (Fsp3) is 0.444. The Balaban J connectivity index is 1.58. The van der Waals surface area contributed by atoms with Crippen LogP contribution in [0.25, 0.3) is 0 Å². The van der Waals surface area contributed by atoms with E-state index >= 15 is 0 Å². The van der Waals surface area contributed by atoms with E-state index in [-0.39, 0.29) is 5.91 Å². The summed E-state index contributed by atoms with van der Waals surface area (Å²) in [5, 5.41) is 7.44. The molecule has 1 heterocycles. The Bertz CT molecular complexity index is 662. The van der Waals surface area contributed by atoms with Crippen LogP contribution >= 0.6 is 11.8 Å². The lowest BCUT2D eigenvalue weighted by Gasteiger charge is -2.23. The molecule has 1 N–H and O–H groups in total. The average molecular weight is 329 g/mol. The van der Waals surface area contributed by atoms with Gasteiger partial charge in [0.1, 0.15) is 5.82 Å². The average Bonchev–Trinajstić information content (AvgIpc) is 3.03. The topological polar surface area (TPSA) is 46.9 Å². The van der Waals surface area contributed by atoms with Gasteiger partial charge in [0.15, 0.2) is 0 Å². The summed E-state index contributed by atoms with van der Waals surface area (Å²) < 4.78 is 2.00. The lowest BCUT2D eigenvalue weighted by Crippen LogP contribution is -2.21. The molecule has 4 nitrogen and oxygen atoms in total. The van der Waals surface area contributed by atoms with Gasteiger partial charge in [-0.2, -0.15) is 5.10 Å². The number of hydrogen-bond donors (Lipinski definition) is 1. The third-order valence-corrected chi connectivity index (χ3v) is 5.49. The van der Waals surface area contributed by atoms with Crippen molar-refractivity contribution in [3.05, 3.63) is 42.1 Å². The molecule has 2 aromatic rings. The molecule has 0 aliphatic heterocycles. The minimum absolute atomic E-state index is 0.0239. The normalized spacial score (nSPS) is 15.5. The highest BCUT2D eigenvalue weighted by Crippen LogP contribution is 2.30. The van der Waals surface area contributed by atoms with Gasteiger partial charge in [-0.3, -0.25) is 4.79 Å². The number of nitrogens with one attached hydrogen (secondary N) is 1. The number of hydrogen-bond acceptors (Lipinski definition) is 3. The molecule has 1 aromatic heterocycles. The highest BCUT2D eigenvalue weighted by Gasteiger charge is 2.19. The van der Waals surface area contributed by atoms with Gasteiger partial charge in [0.05, 0.1) is 18.0 Å². The van der Waals surface area contributed by atoms with Crippen molar-refractivity contribution in [3.63, 3.8) is 0 Å². The summed E-state index contributed by atoms with van der Waals surface area (Å²) in [4.78, 5) is 13.4. The number of amides is 1. The molecule has 0 bridgehead atoms. The summed E-state index contributed by atoms with van der Waals surface area (Å²) in [7, 11) is 0. The summed E-state index contributed by atoms with van der Waals surface area (Å²) in [6.45, 7) is 2.07. The second-order valence-corrected chi connectivity index (χ2v) is 7.07. The maximum Gasteiger partial charge on any atom is 0.235 e. The van der Waals surface area contributed by atoms with Gasteiger partial charge in [-0.25, -0.2) is 4.68 Å². The molecule has 1 aliphatic rings. The molecular weight excluding hydrogens is 306 g/mol. The van der Waals surface area contributed by atoms with E-state index in [9.17, 15) is 4.79 Å². The first-order chi connectivity index (χ1) is 11.2. The molecule has 0 saturated heterocycles. The molecule has 23 heavy (non-hydrogen) atoms. The molecule has 122 valence electrons. The van der Waals surface area contributed by atoms with Crippen molar-refractivity contribution in [1.82, 2.24) is 9.78 Å². The zero-order chi connectivity index (χ0) is 16.1. The molecule has 1 amide bonds. The van der Waals surface area contributed by atoms with E-state index in [1.54, 1.807) is 18.0 Å². The quantitative estimate of drug-likeness (QED) is 0.826. The van der Waals surface area contributed by atoms with E-state index in [0.717, 1.165) is 23.6 Å². The Morgan fingerprint density at radius 3 is 2.83 bits per heavy atom. The SMILES string of the molecule is Cc1ccccc1SCC(=O)Nc1ccnn1C1CCCCC1. The van der Waals surface area contributed by atoms with Crippen molar-refractivity contribution in [3.8, 4) is 0 Å². The highest BCUT2D eigenvalue weighted by atomic mass is 32.2. The van der Waals surface area contributed by atoms with Crippen LogP contribution in [0.15, 0.2) is 41.4 Å². The first-order valence-corrected chi connectivity index (χ1v) is 9.24. The van der Waals surface area contributed by atoms with Crippen LogP contribution in [0.1, 0.15) is 43.7 Å². The molecule has 5 heteroatoms. The van der Waals surface area contributed by atoms with Crippen LogP contribution < -0.4 is 5.32 Å². The fourth-order valence-electron chi connectivity index (χ4n) is 3.07. The molecule has 0 atom stereocenters. The summed E-state index contributed by atoms with van der Waals surface area (Å²) >= 11 is 1.58. The maximum absolute atomic E-state index is 12.3. The smallest absolute Gasteiger partial charge is 0.235 e. The zero-order valence-electron chi connectivity index (χ0n) is 13.5. The van der Waals surface area contributed by atoms with Crippen molar-refractivity contribution in [1.29, 1.82) is 0 Å². The molecule has 0 spiro atoms. The molecule has 0 radical (unpaired) electrons. The third kappa shape index (κ3) is 4.16. The van der Waals surface area contributed by atoms with Gasteiger partial charge in [-0.15, -0.1) is 11.8 Å². The number of carbonyl (C=O) groups is 1. The van der Waals surface area contributed by atoms with Gasteiger partial charge in [0.25, 0.3) is 0 Å². The third-order valence-electron chi connectivity index (χ3n) is 4.31. The summed E-state index contributed by atoms with van der Waals surface area (Å²) in [6.07, 6.45) is 7.90. The number of thioether (sulfide) groups is 1. The Hall–Kier alpha value is -1.75. The minimum Gasteiger partial charge on any atom is -0.310 e. The van der Waals surface area contributed by atoms with Crippen LogP contribution in [-0.4, -0.2) is 21.4 Å². The Kier molecular flexibility index (Phi) is 5.39. The molecular formula is C18H23N3OS. The number of rotatable bonds is 5. The van der Waals surface area contributed by atoms with Gasteiger partial charge in [-0.05, 0) is 31.4 Å². The van der Waals surface area contributed by atoms with Gasteiger partial charge in [-0.1, -0.05) is 37.5 Å². The molecule has 1 aromatic carbocycles. The number of benzene rings is 1. The largest absolute Gasteiger partial charge is 0.310 e. The number of nitrogens with zero attached hydrogens (tertiary/aromatic N) is 2. The van der Waals surface area contributed by atoms with E-state index < -0.39 is 0 Å². The molecule has 3 rings (SSSR count). The lowest BCUT2D eigenvalue weighted by atomic mass is 9.96. The zero-order valence-corrected chi connectivity index (χ0v) is 14.3. The molecule has 0 unspecified atom stereocenters. The summed E-state index contributed by atoms with van der Waals surface area (Å²) in [6, 6.07) is 10.5. The number of aromatic nitrogens is 2. The van der Waals surface area contributed by atoms with Crippen LogP contribution in [0.4, 0.5) is 5.82 Å². The van der Waals surface area contributed by atoms with Gasteiger partial charge in [0, 0.05) is 11.0 Å². The Labute approximate surface area is 141 Å². The van der Waals surface area contributed by atoms with E-state index in [4.69, 9.17) is 0 Å². The van der Waals surface area contributed by atoms with Crippen LogP contribution in [0, 0.1) is 6.92 Å². The summed E-state index contributed by atoms with van der Waals surface area (Å²) in [5.74, 6) is 1.27. The fourth-order valence-corrected chi connectivity index (χ4v) is 3.90.